The van der Waals surface area contributed by atoms with Crippen molar-refractivity contribution >= 4 is 35.1 Å². The fourth-order valence-corrected chi connectivity index (χ4v) is 2.30. The van der Waals surface area contributed by atoms with Crippen LogP contribution >= 0.6 is 11.6 Å². The van der Waals surface area contributed by atoms with Gasteiger partial charge in [-0.1, -0.05) is 25.4 Å². The normalized spacial score (nSPS) is 10.4. The Morgan fingerprint density at radius 2 is 1.96 bits per heavy atom. The summed E-state index contributed by atoms with van der Waals surface area (Å²) in [5, 5.41) is 2.98. The number of halogens is 1. The Morgan fingerprint density at radius 1 is 1.29 bits per heavy atom. The highest BCUT2D eigenvalue weighted by atomic mass is 35.5. The summed E-state index contributed by atoms with van der Waals surface area (Å²) < 4.78 is 4.64. The third-order valence-electron chi connectivity index (χ3n) is 3.30. The molecule has 0 aliphatic rings. The van der Waals surface area contributed by atoms with Crippen LogP contribution in [0.2, 0.25) is 5.02 Å². The topological polar surface area (TPSA) is 75.7 Å². The number of nitrogens with one attached hydrogen (secondary N) is 1. The summed E-state index contributed by atoms with van der Waals surface area (Å²) in [6.07, 6.45) is 0.144. The van der Waals surface area contributed by atoms with Crippen LogP contribution in [0.5, 0.6) is 0 Å². The number of rotatable bonds is 7. The Labute approximate surface area is 147 Å². The van der Waals surface area contributed by atoms with Gasteiger partial charge in [0.15, 0.2) is 0 Å². The molecule has 0 saturated heterocycles. The Bertz CT molecular complexity index is 617. The van der Waals surface area contributed by atoms with Gasteiger partial charge in [0.05, 0.1) is 23.4 Å². The summed E-state index contributed by atoms with van der Waals surface area (Å²) in [6.45, 7) is 6.42. The van der Waals surface area contributed by atoms with Crippen LogP contribution in [0.15, 0.2) is 18.2 Å². The Kier molecular flexibility index (Phi) is 7.71. The van der Waals surface area contributed by atoms with Crippen LogP contribution in [0.4, 0.5) is 5.69 Å². The third-order valence-corrected chi connectivity index (χ3v) is 3.63. The van der Waals surface area contributed by atoms with Crippen LogP contribution in [0.1, 0.15) is 37.6 Å². The van der Waals surface area contributed by atoms with Gasteiger partial charge in [-0.15, -0.1) is 0 Å². The van der Waals surface area contributed by atoms with Crippen molar-refractivity contribution in [2.45, 2.75) is 27.2 Å². The lowest BCUT2D eigenvalue weighted by atomic mass is 10.2. The highest BCUT2D eigenvalue weighted by molar-refractivity contribution is 6.33. The fraction of sp³-hybridized carbons (Fsp3) is 0.471. The number of anilines is 1. The van der Waals surface area contributed by atoms with E-state index in [4.69, 9.17) is 11.6 Å². The zero-order valence-electron chi connectivity index (χ0n) is 14.4. The van der Waals surface area contributed by atoms with E-state index in [9.17, 15) is 14.4 Å². The van der Waals surface area contributed by atoms with Gasteiger partial charge in [0.1, 0.15) is 0 Å². The van der Waals surface area contributed by atoms with E-state index < -0.39 is 5.97 Å². The average molecular weight is 355 g/mol. The first-order chi connectivity index (χ1) is 11.2. The van der Waals surface area contributed by atoms with E-state index >= 15 is 0 Å². The summed E-state index contributed by atoms with van der Waals surface area (Å²) in [4.78, 5) is 36.9. The number of methoxy groups -OCH3 is 1. The monoisotopic (exact) mass is 354 g/mol. The molecule has 0 unspecified atom stereocenters. The van der Waals surface area contributed by atoms with Gasteiger partial charge in [0.25, 0.3) is 0 Å². The number of hydrogen-bond acceptors (Lipinski definition) is 4. The van der Waals surface area contributed by atoms with Crippen molar-refractivity contribution < 1.29 is 19.1 Å². The third kappa shape index (κ3) is 6.20. The van der Waals surface area contributed by atoms with Crippen molar-refractivity contribution in [1.29, 1.82) is 0 Å². The molecule has 0 saturated carbocycles. The maximum Gasteiger partial charge on any atom is 0.337 e. The molecule has 6 nitrogen and oxygen atoms in total. The van der Waals surface area contributed by atoms with Crippen LogP contribution < -0.4 is 5.32 Å². The largest absolute Gasteiger partial charge is 0.465 e. The Balaban J connectivity index is 2.70. The van der Waals surface area contributed by atoms with Gasteiger partial charge >= 0.3 is 5.97 Å². The van der Waals surface area contributed by atoms with Crippen molar-refractivity contribution in [2.75, 3.05) is 25.5 Å². The second-order valence-electron chi connectivity index (χ2n) is 5.84. The second-order valence-corrected chi connectivity index (χ2v) is 6.25. The second kappa shape index (κ2) is 9.27. The predicted octanol–water partition coefficient (Wildman–Crippen LogP) is 2.96. The van der Waals surface area contributed by atoms with E-state index in [-0.39, 0.29) is 18.2 Å². The molecule has 0 heterocycles. The van der Waals surface area contributed by atoms with E-state index in [0.717, 1.165) is 0 Å². The summed E-state index contributed by atoms with van der Waals surface area (Å²) in [6, 6.07) is 4.50. The first-order valence-corrected chi connectivity index (χ1v) is 8.05. The molecule has 0 spiro atoms. The Hall–Kier alpha value is -2.08. The van der Waals surface area contributed by atoms with Crippen LogP contribution in [0.25, 0.3) is 0 Å². The number of benzene rings is 1. The maximum absolute atomic E-state index is 12.1. The van der Waals surface area contributed by atoms with Crippen LogP contribution in [-0.4, -0.2) is 42.9 Å². The molecule has 0 radical (unpaired) electrons. The molecule has 0 bridgehead atoms. The molecular weight excluding hydrogens is 332 g/mol. The van der Waals surface area contributed by atoms with Gasteiger partial charge in [-0.05, 0) is 24.1 Å². The minimum Gasteiger partial charge on any atom is -0.465 e. The lowest BCUT2D eigenvalue weighted by Gasteiger charge is -2.22. The molecule has 2 amide bonds. The van der Waals surface area contributed by atoms with E-state index in [0.29, 0.717) is 35.3 Å². The smallest absolute Gasteiger partial charge is 0.337 e. The predicted molar refractivity (Wildman–Crippen MR) is 93.1 cm³/mol. The van der Waals surface area contributed by atoms with Crippen molar-refractivity contribution in [1.82, 2.24) is 4.90 Å². The van der Waals surface area contributed by atoms with Gasteiger partial charge in [0, 0.05) is 26.4 Å². The molecule has 1 rings (SSSR count). The zero-order chi connectivity index (χ0) is 18.3. The minimum atomic E-state index is -0.512. The summed E-state index contributed by atoms with van der Waals surface area (Å²) >= 11 is 6.04. The number of nitrogens with zero attached hydrogens (tertiary/aromatic N) is 1. The number of ether oxygens (including phenoxy) is 1. The van der Waals surface area contributed by atoms with Crippen LogP contribution in [0.3, 0.4) is 0 Å². The summed E-state index contributed by atoms with van der Waals surface area (Å²) in [5.41, 5.74) is 0.630. The zero-order valence-corrected chi connectivity index (χ0v) is 15.1. The molecule has 0 fully saturated rings. The molecular formula is C17H23ClN2O4. The number of carbonyl (C=O) groups is 3. The van der Waals surface area contributed by atoms with Gasteiger partial charge in [0.2, 0.25) is 11.8 Å². The highest BCUT2D eigenvalue weighted by Crippen LogP contribution is 2.23. The van der Waals surface area contributed by atoms with Gasteiger partial charge in [-0.3, -0.25) is 9.59 Å². The maximum atomic E-state index is 12.1. The van der Waals surface area contributed by atoms with Crippen molar-refractivity contribution in [3.8, 4) is 0 Å². The molecule has 132 valence electrons. The van der Waals surface area contributed by atoms with Crippen molar-refractivity contribution in [3.05, 3.63) is 28.8 Å². The molecule has 24 heavy (non-hydrogen) atoms. The highest BCUT2D eigenvalue weighted by Gasteiger charge is 2.14. The quantitative estimate of drug-likeness (QED) is 0.764. The van der Waals surface area contributed by atoms with Gasteiger partial charge < -0.3 is 15.0 Å². The molecule has 0 atom stereocenters. The van der Waals surface area contributed by atoms with E-state index in [1.54, 1.807) is 4.90 Å². The summed E-state index contributed by atoms with van der Waals surface area (Å²) in [5.74, 6) is -0.541. The number of carbonyl (C=O) groups excluding carboxylic acids is 3. The molecule has 1 aromatic carbocycles. The average Bonchev–Trinajstić information content (AvgIpc) is 2.52. The molecule has 7 heteroatoms. The molecule has 1 aromatic rings. The number of hydrogen-bond donors (Lipinski definition) is 1. The van der Waals surface area contributed by atoms with Crippen LogP contribution in [0, 0.1) is 5.92 Å². The van der Waals surface area contributed by atoms with Crippen molar-refractivity contribution in [3.63, 3.8) is 0 Å². The lowest BCUT2D eigenvalue weighted by molar-refractivity contribution is -0.129. The molecule has 0 aromatic heterocycles. The molecule has 0 aliphatic carbocycles. The molecule has 0 aliphatic heterocycles. The van der Waals surface area contributed by atoms with E-state index in [1.165, 1.54) is 32.2 Å². The fourth-order valence-electron chi connectivity index (χ4n) is 2.13. The standard InChI is InChI=1S/C17H23ClN2O4/c1-11(2)10-20(12(3)21)8-7-16(22)19-15-9-13(17(23)24-4)5-6-14(15)18/h5-6,9,11H,7-8,10H2,1-4H3,(H,19,22). The lowest BCUT2D eigenvalue weighted by Crippen LogP contribution is -2.34. The van der Waals surface area contributed by atoms with Gasteiger partial charge in [-0.2, -0.15) is 0 Å². The number of esters is 1. The summed E-state index contributed by atoms with van der Waals surface area (Å²) in [7, 11) is 1.28. The molecule has 1 N–H and O–H groups in total. The van der Waals surface area contributed by atoms with E-state index in [2.05, 4.69) is 10.1 Å². The number of amides is 2. The first-order valence-electron chi connectivity index (χ1n) is 7.67. The SMILES string of the molecule is COC(=O)c1ccc(Cl)c(NC(=O)CCN(CC(C)C)C(C)=O)c1. The Morgan fingerprint density at radius 3 is 2.50 bits per heavy atom. The first kappa shape index (κ1) is 20.0. The van der Waals surface area contributed by atoms with Crippen molar-refractivity contribution in [2.24, 2.45) is 5.92 Å². The minimum absolute atomic E-state index is 0.0674. The van der Waals surface area contributed by atoms with E-state index in [1.807, 2.05) is 13.8 Å². The van der Waals surface area contributed by atoms with Crippen LogP contribution in [-0.2, 0) is 14.3 Å². The van der Waals surface area contributed by atoms with Gasteiger partial charge in [-0.25, -0.2) is 4.79 Å².